The summed E-state index contributed by atoms with van der Waals surface area (Å²) in [7, 11) is 0. The fraction of sp³-hybridized carbons (Fsp3) is 0.447. The SMILES string of the molecule is CC(C)(C)c1cc(-c2cc(-c3cc(-c4cccc5c4nc(-c4cc(C(C)(C)C)cc(C(C)(C)C)c4O)n5C4CCCC4)cc(C(C)(C)C)c3)ncn2)cc(-c2cccc3c2nc(-c2cc(C(C)(C)C)cc(C(C)(C)C)c2O)n3C2CCCC2)c1. The third-order valence-electron chi connectivity index (χ3n) is 18.3. The molecule has 2 saturated carbocycles. The quantitative estimate of drug-likeness (QED) is 0.157. The maximum Gasteiger partial charge on any atom is 0.145 e. The van der Waals surface area contributed by atoms with E-state index < -0.39 is 0 Å². The van der Waals surface area contributed by atoms with Gasteiger partial charge in [-0.1, -0.05) is 199 Å². The van der Waals surface area contributed by atoms with E-state index in [1.54, 1.807) is 6.33 Å². The van der Waals surface area contributed by atoms with Crippen molar-refractivity contribution in [2.24, 2.45) is 0 Å². The largest absolute Gasteiger partial charge is 0.507 e. The fourth-order valence-corrected chi connectivity index (χ4v) is 13.2. The number of nitrogens with zero attached hydrogens (tertiary/aromatic N) is 6. The minimum absolute atomic E-state index is 0.137. The summed E-state index contributed by atoms with van der Waals surface area (Å²) >= 11 is 0. The van der Waals surface area contributed by atoms with Gasteiger partial charge in [0.25, 0.3) is 0 Å². The van der Waals surface area contributed by atoms with Gasteiger partial charge >= 0.3 is 0 Å². The van der Waals surface area contributed by atoms with E-state index >= 15 is 0 Å². The second kappa shape index (κ2) is 20.9. The molecule has 0 bridgehead atoms. The lowest BCUT2D eigenvalue weighted by molar-refractivity contribution is 0.444. The molecule has 2 N–H and O–H groups in total. The van der Waals surface area contributed by atoms with Crippen LogP contribution < -0.4 is 0 Å². The van der Waals surface area contributed by atoms with Crippen LogP contribution in [0.4, 0.5) is 0 Å². The molecule has 11 rings (SSSR count). The lowest BCUT2D eigenvalue weighted by Crippen LogP contribution is -2.17. The third kappa shape index (κ3) is 11.0. The Labute approximate surface area is 501 Å². The predicted molar refractivity (Wildman–Crippen MR) is 352 cm³/mol. The van der Waals surface area contributed by atoms with Gasteiger partial charge in [-0.25, -0.2) is 19.9 Å². The lowest BCUT2D eigenvalue weighted by Gasteiger charge is -2.28. The van der Waals surface area contributed by atoms with Gasteiger partial charge in [0.1, 0.15) is 29.5 Å². The molecule has 0 saturated heterocycles. The summed E-state index contributed by atoms with van der Waals surface area (Å²) in [6.45, 7) is 40.3. The van der Waals surface area contributed by atoms with Gasteiger partial charge in [0.15, 0.2) is 0 Å². The van der Waals surface area contributed by atoms with E-state index in [9.17, 15) is 10.2 Å². The smallest absolute Gasteiger partial charge is 0.145 e. The normalized spacial score (nSPS) is 15.4. The molecule has 0 unspecified atom stereocenters. The monoisotopic (exact) mass is 1120 g/mol. The van der Waals surface area contributed by atoms with E-state index in [1.807, 2.05) is 0 Å². The highest BCUT2D eigenvalue weighted by molar-refractivity contribution is 5.98. The number of para-hydroxylation sites is 2. The number of aromatic hydroxyl groups is 2. The number of benzene rings is 6. The van der Waals surface area contributed by atoms with E-state index in [2.05, 4.69) is 237 Å². The van der Waals surface area contributed by atoms with Crippen LogP contribution in [-0.4, -0.2) is 39.3 Å². The summed E-state index contributed by atoms with van der Waals surface area (Å²) in [6, 6.07) is 38.7. The summed E-state index contributed by atoms with van der Waals surface area (Å²) in [5.74, 6) is 2.31. The van der Waals surface area contributed by atoms with Crippen molar-refractivity contribution in [2.45, 2.75) is 221 Å². The molecule has 3 heterocycles. The number of hydrogen-bond donors (Lipinski definition) is 2. The topological polar surface area (TPSA) is 102 Å². The molecule has 8 nitrogen and oxygen atoms in total. The second-order valence-corrected chi connectivity index (χ2v) is 31.1. The molecular formula is C76H92N6O2. The summed E-state index contributed by atoms with van der Waals surface area (Å²) < 4.78 is 4.93. The summed E-state index contributed by atoms with van der Waals surface area (Å²) in [4.78, 5) is 21.5. The second-order valence-electron chi connectivity index (χ2n) is 31.1. The van der Waals surface area contributed by atoms with Gasteiger partial charge in [-0.05, 0) is 146 Å². The molecule has 0 atom stereocenters. The van der Waals surface area contributed by atoms with Crippen LogP contribution >= 0.6 is 0 Å². The van der Waals surface area contributed by atoms with E-state index in [0.717, 1.165) is 126 Å². The van der Waals surface area contributed by atoms with E-state index in [1.165, 1.54) is 47.9 Å². The Morgan fingerprint density at radius 1 is 0.369 bits per heavy atom. The van der Waals surface area contributed by atoms with E-state index in [0.29, 0.717) is 11.5 Å². The van der Waals surface area contributed by atoms with Crippen molar-refractivity contribution < 1.29 is 10.2 Å². The molecule has 2 fully saturated rings. The van der Waals surface area contributed by atoms with Crippen LogP contribution in [0.5, 0.6) is 11.5 Å². The van der Waals surface area contributed by atoms with Crippen LogP contribution in [0.25, 0.3) is 89.6 Å². The maximum absolute atomic E-state index is 12.4. The van der Waals surface area contributed by atoms with Crippen molar-refractivity contribution in [1.82, 2.24) is 29.1 Å². The number of phenols is 2. The molecule has 6 aromatic carbocycles. The standard InChI is InChI=1S/C76H92N6O2/c1-71(2,3)49-35-45(55-29-23-31-63-65(55)79-69(81(63)53-25-19-20-26-53)57-39-51(73(7,8)9)41-59(67(57)83)75(13,14)15)33-47(37-49)61-43-62(78-44-77-61)48-34-46(36-50(38-48)72(4,5)6)56-30-24-32-64-66(56)80-70(82(64)54-27-21-22-28-54)58-40-52(74(10,11)12)42-60(68(58)84)76(16,17)18/h23-24,29-44,53-54,83-84H,19-22,25-28H2,1-18H3. The third-order valence-corrected chi connectivity index (χ3v) is 18.3. The zero-order chi connectivity index (χ0) is 60.4. The van der Waals surface area contributed by atoms with E-state index in [-0.39, 0.29) is 44.6 Å². The van der Waals surface area contributed by atoms with Gasteiger partial charge in [0.05, 0.1) is 44.6 Å². The van der Waals surface area contributed by atoms with Crippen molar-refractivity contribution >= 4 is 22.1 Å². The average molecular weight is 1120 g/mol. The average Bonchev–Trinajstić information content (AvgIpc) is 1.71. The zero-order valence-electron chi connectivity index (χ0n) is 53.8. The molecule has 0 spiro atoms. The van der Waals surface area contributed by atoms with Crippen molar-refractivity contribution in [3.05, 3.63) is 143 Å². The first-order chi connectivity index (χ1) is 39.3. The Balaban J connectivity index is 1.07. The minimum Gasteiger partial charge on any atom is -0.507 e. The molecule has 438 valence electrons. The Morgan fingerprint density at radius 2 is 0.702 bits per heavy atom. The van der Waals surface area contributed by atoms with Crippen molar-refractivity contribution in [2.75, 3.05) is 0 Å². The van der Waals surface area contributed by atoms with Crippen LogP contribution in [0, 0.1) is 0 Å². The molecule has 0 aliphatic heterocycles. The molecule has 0 amide bonds. The highest BCUT2D eigenvalue weighted by Crippen LogP contribution is 2.49. The fourth-order valence-electron chi connectivity index (χ4n) is 13.2. The predicted octanol–water partition coefficient (Wildman–Crippen LogP) is 20.6. The Hall–Kier alpha value is -7.06. The number of rotatable bonds is 8. The summed E-state index contributed by atoms with van der Waals surface area (Å²) in [5.41, 5.74) is 19.0. The van der Waals surface area contributed by atoms with Gasteiger partial charge in [-0.2, -0.15) is 0 Å². The summed E-state index contributed by atoms with van der Waals surface area (Å²) in [6.07, 6.45) is 10.7. The van der Waals surface area contributed by atoms with E-state index in [4.69, 9.17) is 19.9 Å². The Morgan fingerprint density at radius 3 is 1.04 bits per heavy atom. The summed E-state index contributed by atoms with van der Waals surface area (Å²) in [5, 5.41) is 24.8. The highest BCUT2D eigenvalue weighted by atomic mass is 16.3. The number of imidazole rings is 2. The molecule has 3 aromatic heterocycles. The van der Waals surface area contributed by atoms with Crippen LogP contribution in [0.2, 0.25) is 0 Å². The molecule has 2 aliphatic carbocycles. The zero-order valence-corrected chi connectivity index (χ0v) is 53.8. The molecule has 84 heavy (non-hydrogen) atoms. The van der Waals surface area contributed by atoms with Crippen molar-refractivity contribution in [3.63, 3.8) is 0 Å². The first-order valence-electron chi connectivity index (χ1n) is 31.2. The first-order valence-corrected chi connectivity index (χ1v) is 31.2. The van der Waals surface area contributed by atoms with Gasteiger partial charge in [-0.3, -0.25) is 0 Å². The highest BCUT2D eigenvalue weighted by Gasteiger charge is 2.34. The molecular weight excluding hydrogens is 1030 g/mol. The minimum atomic E-state index is -0.278. The van der Waals surface area contributed by atoms with Gasteiger partial charge in [0, 0.05) is 45.5 Å². The van der Waals surface area contributed by atoms with Crippen LogP contribution in [0.1, 0.15) is 221 Å². The maximum atomic E-state index is 12.4. The first kappa shape index (κ1) is 58.7. The molecule has 8 heteroatoms. The van der Waals surface area contributed by atoms with Gasteiger partial charge in [0.2, 0.25) is 0 Å². The number of fused-ring (bicyclic) bond motifs is 2. The Bertz CT molecular complexity index is 3750. The molecule has 9 aromatic rings. The van der Waals surface area contributed by atoms with Crippen LogP contribution in [0.15, 0.2) is 109 Å². The van der Waals surface area contributed by atoms with Crippen LogP contribution in [0.3, 0.4) is 0 Å². The lowest BCUT2D eigenvalue weighted by atomic mass is 9.78. The number of aromatic nitrogens is 6. The molecule has 2 aliphatic rings. The Kier molecular flexibility index (Phi) is 14.6. The number of hydrogen-bond acceptors (Lipinski definition) is 6. The van der Waals surface area contributed by atoms with Crippen molar-refractivity contribution in [1.29, 1.82) is 0 Å². The van der Waals surface area contributed by atoms with Crippen LogP contribution in [-0.2, 0) is 32.5 Å². The van der Waals surface area contributed by atoms with Gasteiger partial charge < -0.3 is 19.3 Å². The number of phenolic OH excluding ortho intramolecular Hbond substituents is 2. The van der Waals surface area contributed by atoms with Crippen molar-refractivity contribution in [3.8, 4) is 79.0 Å². The van der Waals surface area contributed by atoms with Gasteiger partial charge in [-0.15, -0.1) is 0 Å². The molecule has 0 radical (unpaired) electrons.